The van der Waals surface area contributed by atoms with Crippen LogP contribution in [0.15, 0.2) is 71.7 Å². The number of carbonyl (C=O) groups is 1. The molecule has 1 aliphatic rings. The van der Waals surface area contributed by atoms with Crippen LogP contribution < -0.4 is 25.0 Å². The molecule has 30 heavy (non-hydrogen) atoms. The average Bonchev–Trinajstić information content (AvgIpc) is 3.15. The van der Waals surface area contributed by atoms with Crippen molar-refractivity contribution in [3.8, 4) is 22.8 Å². The molecule has 2 heterocycles. The summed E-state index contributed by atoms with van der Waals surface area (Å²) in [4.78, 5) is 12.8. The fraction of sp³-hybridized carbons (Fsp3) is 0.143. The lowest BCUT2D eigenvalue weighted by atomic mass is 10.1. The van der Waals surface area contributed by atoms with E-state index in [0.717, 1.165) is 22.8 Å². The van der Waals surface area contributed by atoms with Crippen LogP contribution in [0.3, 0.4) is 0 Å². The molecule has 2 amide bonds. The van der Waals surface area contributed by atoms with Gasteiger partial charge in [-0.2, -0.15) is 0 Å². The van der Waals surface area contributed by atoms with Crippen molar-refractivity contribution in [2.24, 2.45) is 5.10 Å². The summed E-state index contributed by atoms with van der Waals surface area (Å²) >= 11 is 1.43. The van der Waals surface area contributed by atoms with E-state index in [1.54, 1.807) is 6.08 Å². The predicted octanol–water partition coefficient (Wildman–Crippen LogP) is 4.39. The van der Waals surface area contributed by atoms with Gasteiger partial charge in [-0.25, -0.2) is 10.2 Å². The van der Waals surface area contributed by atoms with Crippen LogP contribution in [-0.2, 0) is 6.54 Å². The van der Waals surface area contributed by atoms with Crippen LogP contribution in [0.1, 0.15) is 0 Å². The van der Waals surface area contributed by atoms with E-state index in [0.29, 0.717) is 30.2 Å². The van der Waals surface area contributed by atoms with Crippen molar-refractivity contribution in [2.75, 3.05) is 18.5 Å². The van der Waals surface area contributed by atoms with Gasteiger partial charge < -0.3 is 19.4 Å². The third kappa shape index (κ3) is 4.92. The Kier molecular flexibility index (Phi) is 7.31. The maximum atomic E-state index is 12.1. The fourth-order valence-corrected chi connectivity index (χ4v) is 3.82. The normalized spacial score (nSPS) is 12.6. The molecule has 9 heteroatoms. The van der Waals surface area contributed by atoms with E-state index < -0.39 is 6.03 Å². The van der Waals surface area contributed by atoms with E-state index in [-0.39, 0.29) is 17.0 Å². The topological polar surface area (TPSA) is 76.9 Å². The molecule has 0 saturated heterocycles. The summed E-state index contributed by atoms with van der Waals surface area (Å²) in [7, 11) is 0. The zero-order chi connectivity index (χ0) is 20.1. The molecule has 4 rings (SSSR count). The second kappa shape index (κ2) is 10.1. The Bertz CT molecular complexity index is 1100. The number of urea groups is 1. The van der Waals surface area contributed by atoms with Crippen molar-refractivity contribution in [1.29, 1.82) is 0 Å². The van der Waals surface area contributed by atoms with Crippen molar-refractivity contribution in [3.05, 3.63) is 71.4 Å². The van der Waals surface area contributed by atoms with Crippen molar-refractivity contribution in [3.63, 3.8) is 0 Å². The van der Waals surface area contributed by atoms with E-state index in [1.165, 1.54) is 11.3 Å². The molecule has 2 aromatic carbocycles. The van der Waals surface area contributed by atoms with Crippen molar-refractivity contribution in [2.45, 2.75) is 6.54 Å². The first-order valence-electron chi connectivity index (χ1n) is 9.09. The summed E-state index contributed by atoms with van der Waals surface area (Å²) < 4.78 is 13.3. The van der Waals surface area contributed by atoms with E-state index >= 15 is 0 Å². The number of halogens is 1. The molecule has 1 aliphatic heterocycles. The lowest BCUT2D eigenvalue weighted by molar-refractivity contribution is 0.171. The maximum Gasteiger partial charge on any atom is 0.339 e. The number of amides is 2. The maximum absolute atomic E-state index is 12.1. The highest BCUT2D eigenvalue weighted by atomic mass is 79.9. The highest BCUT2D eigenvalue weighted by Crippen LogP contribution is 2.34. The number of nitrogens with one attached hydrogen (secondary N) is 2. The number of benzene rings is 2. The third-order valence-corrected chi connectivity index (χ3v) is 5.10. The number of thiazole rings is 1. The summed E-state index contributed by atoms with van der Waals surface area (Å²) in [6, 6.07) is 14.6. The number of hydrogen-bond donors (Lipinski definition) is 2. The van der Waals surface area contributed by atoms with Crippen LogP contribution in [0.25, 0.3) is 11.3 Å². The van der Waals surface area contributed by atoms with Gasteiger partial charge in [0.1, 0.15) is 13.2 Å². The Hall–Kier alpha value is -3.04. The molecule has 156 valence electrons. The fourth-order valence-electron chi connectivity index (χ4n) is 2.94. The largest absolute Gasteiger partial charge is 0.486 e. The van der Waals surface area contributed by atoms with Gasteiger partial charge >= 0.3 is 6.03 Å². The van der Waals surface area contributed by atoms with Crippen molar-refractivity contribution < 1.29 is 14.3 Å². The zero-order valence-corrected chi connectivity index (χ0v) is 18.6. The van der Waals surface area contributed by atoms with Crippen LogP contribution in [0.5, 0.6) is 11.5 Å². The molecule has 0 bridgehead atoms. The quantitative estimate of drug-likeness (QED) is 0.413. The minimum absolute atomic E-state index is 0. The van der Waals surface area contributed by atoms with Gasteiger partial charge in [0.05, 0.1) is 5.69 Å². The first-order chi connectivity index (χ1) is 14.2. The molecule has 0 unspecified atom stereocenters. The monoisotopic (exact) mass is 488 g/mol. The minimum Gasteiger partial charge on any atom is -0.486 e. The van der Waals surface area contributed by atoms with E-state index in [2.05, 4.69) is 22.4 Å². The number of para-hydroxylation sites is 1. The summed E-state index contributed by atoms with van der Waals surface area (Å²) in [5, 5.41) is 9.00. The number of ether oxygens (including phenoxy) is 2. The van der Waals surface area contributed by atoms with Crippen LogP contribution in [0.2, 0.25) is 0 Å². The minimum atomic E-state index is -0.407. The van der Waals surface area contributed by atoms with Crippen molar-refractivity contribution >= 4 is 40.0 Å². The van der Waals surface area contributed by atoms with Crippen LogP contribution in [0.4, 0.5) is 10.5 Å². The molecule has 1 aromatic heterocycles. The number of fused-ring (bicyclic) bond motifs is 1. The molecule has 0 radical (unpaired) electrons. The molecular weight excluding hydrogens is 468 g/mol. The summed E-state index contributed by atoms with van der Waals surface area (Å²) in [6.45, 7) is 5.47. The molecule has 0 spiro atoms. The Morgan fingerprint density at radius 1 is 1.17 bits per heavy atom. The van der Waals surface area contributed by atoms with Gasteiger partial charge in [0.2, 0.25) is 4.80 Å². The number of nitrogens with zero attached hydrogens (tertiary/aromatic N) is 2. The van der Waals surface area contributed by atoms with E-state index in [9.17, 15) is 4.79 Å². The van der Waals surface area contributed by atoms with Gasteiger partial charge in [0, 0.05) is 23.2 Å². The number of allylic oxidation sites excluding steroid dienone is 1. The molecule has 3 aromatic rings. The van der Waals surface area contributed by atoms with E-state index in [1.807, 2.05) is 58.5 Å². The summed E-state index contributed by atoms with van der Waals surface area (Å²) in [5.74, 6) is 1.47. The zero-order valence-electron chi connectivity index (χ0n) is 16.0. The van der Waals surface area contributed by atoms with Crippen LogP contribution in [0, 0.1) is 0 Å². The lowest BCUT2D eigenvalue weighted by Crippen LogP contribution is -2.28. The average molecular weight is 489 g/mol. The van der Waals surface area contributed by atoms with Gasteiger partial charge in [-0.15, -0.1) is 40.0 Å². The summed E-state index contributed by atoms with van der Waals surface area (Å²) in [6.07, 6.45) is 1.79. The third-order valence-electron chi connectivity index (χ3n) is 4.23. The molecule has 0 fully saturated rings. The van der Waals surface area contributed by atoms with Crippen LogP contribution >= 0.6 is 28.3 Å². The number of hydrogen-bond acceptors (Lipinski definition) is 5. The Morgan fingerprint density at radius 3 is 2.70 bits per heavy atom. The first kappa shape index (κ1) is 21.7. The Balaban J connectivity index is 0.00000256. The number of anilines is 1. The number of carbonyl (C=O) groups excluding carboxylic acids is 1. The van der Waals surface area contributed by atoms with Crippen molar-refractivity contribution in [1.82, 2.24) is 9.99 Å². The second-order valence-electron chi connectivity index (χ2n) is 6.20. The van der Waals surface area contributed by atoms with Gasteiger partial charge in [-0.1, -0.05) is 24.3 Å². The van der Waals surface area contributed by atoms with Gasteiger partial charge in [0.15, 0.2) is 11.5 Å². The summed E-state index contributed by atoms with van der Waals surface area (Å²) in [5.41, 5.74) is 5.17. The second-order valence-corrected chi connectivity index (χ2v) is 7.04. The van der Waals surface area contributed by atoms with Gasteiger partial charge in [-0.05, 0) is 30.3 Å². The molecular formula is C21H21BrN4O3S. The highest BCUT2D eigenvalue weighted by Gasteiger charge is 2.15. The Morgan fingerprint density at radius 2 is 1.93 bits per heavy atom. The predicted molar refractivity (Wildman–Crippen MR) is 123 cm³/mol. The molecule has 2 N–H and O–H groups in total. The molecule has 7 nitrogen and oxygen atoms in total. The lowest BCUT2D eigenvalue weighted by Gasteiger charge is -2.19. The van der Waals surface area contributed by atoms with E-state index in [4.69, 9.17) is 9.47 Å². The molecule has 0 aliphatic carbocycles. The number of aromatic nitrogens is 1. The Labute approximate surface area is 188 Å². The smallest absolute Gasteiger partial charge is 0.339 e. The highest BCUT2D eigenvalue weighted by molar-refractivity contribution is 8.93. The van der Waals surface area contributed by atoms with Gasteiger partial charge in [-0.3, -0.25) is 0 Å². The molecule has 0 atom stereocenters. The van der Waals surface area contributed by atoms with Crippen LogP contribution in [-0.4, -0.2) is 23.8 Å². The standard InChI is InChI=1S/C21H20N4O3S.BrH/c1-2-10-25-17(15-8-9-18-19(13-15)28-12-11-27-18)14-29-21(25)24-23-20(26)22-16-6-4-3-5-7-16;/h2-9,13-14H,1,10-12H2,(H2,22,23,26);1H/b24-21-;. The van der Waals surface area contributed by atoms with Gasteiger partial charge in [0.25, 0.3) is 0 Å². The first-order valence-corrected chi connectivity index (χ1v) is 9.97. The molecule has 0 saturated carbocycles. The SMILES string of the molecule is Br.C=CCn1c(-c2ccc3c(c2)OCCO3)cs/c1=N\NC(=O)Nc1ccccc1. The number of rotatable bonds is 5.